The molecule has 774 valence electrons. The SMILES string of the molecule is CC.CC.CC.CCC1CCC(C2CCC(c3cc(F)c(F)c(F)c3)CC2)CC1.CCC1CCC(C2CCC(c3ccc(F)c(F)c3)CC2)CC1.CCc1ccc(C(=O)Oc2ccc(C3CCC(C)CC3)cc2)cc1.CCc1ccc(OC(=O)C2CCC(C)CC2)cc1.CCc1ccc(OC(=O)C2CCC(C3CCC(C)CC3)CC2)cc1.CCc1ccc(OC(=O)c2ccc(C3CCC(C)CC3)cc2)cc1. The van der Waals surface area contributed by atoms with Crippen LogP contribution in [-0.4, -0.2) is 23.9 Å². The molecule has 0 heterocycles. The van der Waals surface area contributed by atoms with E-state index in [-0.39, 0.29) is 41.6 Å². The van der Waals surface area contributed by atoms with Gasteiger partial charge in [0.1, 0.15) is 23.0 Å². The van der Waals surface area contributed by atoms with Crippen molar-refractivity contribution in [2.45, 2.75) is 404 Å². The molecule has 9 fully saturated rings. The number of aryl methyl sites for hydroxylation is 4. The van der Waals surface area contributed by atoms with Gasteiger partial charge in [0.05, 0.1) is 23.0 Å². The van der Waals surface area contributed by atoms with E-state index >= 15 is 0 Å². The van der Waals surface area contributed by atoms with E-state index in [0.717, 1.165) is 179 Å². The summed E-state index contributed by atoms with van der Waals surface area (Å²) in [5.74, 6) is 9.66. The topological polar surface area (TPSA) is 105 Å². The predicted octanol–water partition coefficient (Wildman–Crippen LogP) is 37.4. The fourth-order valence-electron chi connectivity index (χ4n) is 23.5. The minimum Gasteiger partial charge on any atom is -0.426 e. The zero-order valence-corrected chi connectivity index (χ0v) is 89.5. The first-order valence-electron chi connectivity index (χ1n) is 56.4. The van der Waals surface area contributed by atoms with E-state index in [2.05, 4.69) is 93.5 Å². The van der Waals surface area contributed by atoms with Crippen molar-refractivity contribution in [3.63, 3.8) is 0 Å². The van der Waals surface area contributed by atoms with Crippen LogP contribution in [0.2, 0.25) is 0 Å². The molecule has 9 aliphatic carbocycles. The molecule has 8 nitrogen and oxygen atoms in total. The highest BCUT2D eigenvalue weighted by molar-refractivity contribution is 5.91. The van der Waals surface area contributed by atoms with Crippen molar-refractivity contribution in [3.05, 3.63) is 261 Å². The standard InChI is InChI=1S/C22H32O2.2C22H26O2.C20H27F3.C20H28F2.C16H22O2.3C2H6/c2*1-3-17-6-14-21(15-7-17)24-22(23)20-12-10-19(11-13-20)18-8-4-16(2)5-9-18;1-3-17-6-10-20(11-7-17)22(23)24-21-14-12-19(13-15-21)18-8-4-16(2)5-9-18;1-2-13-3-5-14(6-4-13)15-7-9-16(10-8-15)17-11-18(21)20(23)19(22)12-17;1-2-14-3-5-15(6-4-14)16-7-9-17(10-8-16)18-11-12-19(21)20(22)13-18;1-3-13-6-10-15(11-7-13)18-16(17)14-8-4-12(2)5-9-14;3*1-2/h6-7,14-16,18-20H,3-5,8-13H2,1-2H3;2*6-7,10-16,18H,3-5,8-9H2,1-2H3;11-16H,2-10H2,1H3;11-17H,2-10H2,1H3;6-7,10-12,14H,3-5,8-9H2,1-2H3;3*1-2H3. The Labute approximate surface area is 849 Å². The molecule has 8 aromatic rings. The second-order valence-corrected chi connectivity index (χ2v) is 42.4. The summed E-state index contributed by atoms with van der Waals surface area (Å²) >= 11 is 0. The largest absolute Gasteiger partial charge is 0.426 e. The maximum atomic E-state index is 13.4. The van der Waals surface area contributed by atoms with E-state index in [1.165, 1.54) is 225 Å². The summed E-state index contributed by atoms with van der Waals surface area (Å²) in [5.41, 5.74) is 10.6. The first kappa shape index (κ1) is 116. The monoisotopic (exact) mass is 1940 g/mol. The predicted molar refractivity (Wildman–Crippen MR) is 573 cm³/mol. The maximum Gasteiger partial charge on any atom is 0.343 e. The molecule has 0 bridgehead atoms. The van der Waals surface area contributed by atoms with E-state index in [9.17, 15) is 41.1 Å². The Morgan fingerprint density at radius 3 is 0.787 bits per heavy atom. The highest BCUT2D eigenvalue weighted by Gasteiger charge is 2.37. The van der Waals surface area contributed by atoms with Crippen molar-refractivity contribution >= 4 is 23.9 Å². The Bertz CT molecular complexity index is 4800. The van der Waals surface area contributed by atoms with Gasteiger partial charge in [-0.15, -0.1) is 0 Å². The minimum absolute atomic E-state index is 0.0186. The van der Waals surface area contributed by atoms with E-state index in [1.807, 2.05) is 163 Å². The number of esters is 4. The van der Waals surface area contributed by atoms with Crippen molar-refractivity contribution in [3.8, 4) is 23.0 Å². The number of carbonyl (C=O) groups excluding carboxylic acids is 4. The zero-order valence-electron chi connectivity index (χ0n) is 89.5. The van der Waals surface area contributed by atoms with Crippen LogP contribution in [0.3, 0.4) is 0 Å². The van der Waals surface area contributed by atoms with Crippen LogP contribution in [0.25, 0.3) is 0 Å². The molecule has 0 spiro atoms. The van der Waals surface area contributed by atoms with Gasteiger partial charge in [0.25, 0.3) is 0 Å². The quantitative estimate of drug-likeness (QED) is 0.0303. The van der Waals surface area contributed by atoms with Crippen molar-refractivity contribution in [2.75, 3.05) is 0 Å². The van der Waals surface area contributed by atoms with Crippen molar-refractivity contribution in [2.24, 2.45) is 82.9 Å². The maximum absolute atomic E-state index is 13.4. The van der Waals surface area contributed by atoms with Crippen LogP contribution in [0.4, 0.5) is 22.0 Å². The summed E-state index contributed by atoms with van der Waals surface area (Å²) in [6.45, 7) is 34.4. The Morgan fingerprint density at radius 1 is 0.241 bits per heavy atom. The molecule has 0 radical (unpaired) electrons. The molecule has 141 heavy (non-hydrogen) atoms. The number of carbonyl (C=O) groups is 4. The van der Waals surface area contributed by atoms with Gasteiger partial charge in [-0.3, -0.25) is 9.59 Å². The third kappa shape index (κ3) is 37.4. The van der Waals surface area contributed by atoms with Gasteiger partial charge >= 0.3 is 23.9 Å². The number of halogens is 5. The van der Waals surface area contributed by atoms with E-state index in [4.69, 9.17) is 18.9 Å². The summed E-state index contributed by atoms with van der Waals surface area (Å²) in [7, 11) is 0. The second kappa shape index (κ2) is 62.2. The van der Waals surface area contributed by atoms with Crippen molar-refractivity contribution in [1.29, 1.82) is 0 Å². The van der Waals surface area contributed by atoms with Gasteiger partial charge < -0.3 is 18.9 Å². The average molecular weight is 1940 g/mol. The lowest BCUT2D eigenvalue weighted by Gasteiger charge is -2.38. The molecule has 0 atom stereocenters. The first-order valence-corrected chi connectivity index (χ1v) is 56.4. The smallest absolute Gasteiger partial charge is 0.343 e. The van der Waals surface area contributed by atoms with Gasteiger partial charge in [-0.2, -0.15) is 0 Å². The summed E-state index contributed by atoms with van der Waals surface area (Å²) in [6.07, 6.45) is 51.4. The summed E-state index contributed by atoms with van der Waals surface area (Å²) < 4.78 is 88.4. The van der Waals surface area contributed by atoms with Crippen LogP contribution in [0.15, 0.2) is 176 Å². The molecule has 17 rings (SSSR count). The molecule has 0 saturated heterocycles. The van der Waals surface area contributed by atoms with Crippen LogP contribution in [0, 0.1) is 112 Å². The molecule has 13 heteroatoms. The summed E-state index contributed by atoms with van der Waals surface area (Å²) in [6, 6.07) is 54.0. The van der Waals surface area contributed by atoms with Crippen LogP contribution in [0.5, 0.6) is 23.0 Å². The van der Waals surface area contributed by atoms with Crippen molar-refractivity contribution < 1.29 is 60.1 Å². The van der Waals surface area contributed by atoms with Gasteiger partial charge in [0.2, 0.25) is 0 Å². The molecule has 0 amide bonds. The molecule has 9 aliphatic rings. The number of hydrogen-bond donors (Lipinski definition) is 0. The van der Waals surface area contributed by atoms with Gasteiger partial charge in [-0.25, -0.2) is 31.5 Å². The van der Waals surface area contributed by atoms with Gasteiger partial charge in [-0.1, -0.05) is 267 Å². The normalized spacial score (nSPS) is 25.7. The molecule has 0 N–H and O–H groups in total. The summed E-state index contributed by atoms with van der Waals surface area (Å²) in [4.78, 5) is 48.9. The highest BCUT2D eigenvalue weighted by atomic mass is 19.2. The van der Waals surface area contributed by atoms with Crippen molar-refractivity contribution in [1.82, 2.24) is 0 Å². The van der Waals surface area contributed by atoms with E-state index < -0.39 is 29.1 Å². The molecular weight excluding hydrogens is 1760 g/mol. The Morgan fingerprint density at radius 2 is 0.468 bits per heavy atom. The van der Waals surface area contributed by atoms with Gasteiger partial charge in [0, 0.05) is 0 Å². The number of rotatable bonds is 21. The van der Waals surface area contributed by atoms with Crippen LogP contribution < -0.4 is 18.9 Å². The van der Waals surface area contributed by atoms with Crippen LogP contribution in [0.1, 0.15) is 444 Å². The Kier molecular flexibility index (Phi) is 51.1. The molecule has 9 saturated carbocycles. The highest BCUT2D eigenvalue weighted by Crippen LogP contribution is 2.49. The lowest BCUT2D eigenvalue weighted by atomic mass is 9.68. The van der Waals surface area contributed by atoms with Crippen LogP contribution in [-0.2, 0) is 35.3 Å². The van der Waals surface area contributed by atoms with Gasteiger partial charge in [0.15, 0.2) is 29.1 Å². The lowest BCUT2D eigenvalue weighted by molar-refractivity contribution is -0.141. The third-order valence-electron chi connectivity index (χ3n) is 33.3. The molecule has 0 aromatic heterocycles. The Balaban J connectivity index is 0.000000187. The molecular formula is C128H179F5O8. The third-order valence-corrected chi connectivity index (χ3v) is 33.3. The molecule has 0 unspecified atom stereocenters. The van der Waals surface area contributed by atoms with E-state index in [1.54, 1.807) is 6.07 Å². The number of benzene rings is 8. The van der Waals surface area contributed by atoms with E-state index in [0.29, 0.717) is 57.4 Å². The Hall–Kier alpha value is -8.71. The zero-order chi connectivity index (χ0) is 102. The minimum atomic E-state index is -1.35. The van der Waals surface area contributed by atoms with Crippen LogP contribution >= 0.6 is 0 Å². The first-order chi connectivity index (χ1) is 68.4. The molecule has 8 aromatic carbocycles. The fourth-order valence-corrected chi connectivity index (χ4v) is 23.5. The number of ether oxygens (including phenoxy) is 4. The average Bonchev–Trinajstić information content (AvgIpc) is 0.806. The number of hydrogen-bond acceptors (Lipinski definition) is 8. The van der Waals surface area contributed by atoms with Gasteiger partial charge in [-0.05, 0) is 429 Å². The fraction of sp³-hybridized carbons (Fsp3) is 0.594. The second-order valence-electron chi connectivity index (χ2n) is 42.4. The molecule has 0 aliphatic heterocycles. The lowest BCUT2D eigenvalue weighted by Crippen LogP contribution is -2.29. The summed E-state index contributed by atoms with van der Waals surface area (Å²) in [5, 5.41) is 0.